The van der Waals surface area contributed by atoms with Crippen molar-refractivity contribution in [1.29, 1.82) is 0 Å². The molecule has 1 atom stereocenters. The molecule has 4 rings (SSSR count). The van der Waals surface area contributed by atoms with Crippen LogP contribution < -0.4 is 4.74 Å². The van der Waals surface area contributed by atoms with Crippen LogP contribution in [0.2, 0.25) is 5.02 Å². The molecule has 0 saturated heterocycles. The summed E-state index contributed by atoms with van der Waals surface area (Å²) < 4.78 is 8.07. The van der Waals surface area contributed by atoms with Crippen molar-refractivity contribution in [1.82, 2.24) is 19.7 Å². The van der Waals surface area contributed by atoms with Crippen LogP contribution in [0.25, 0.3) is 10.6 Å². The van der Waals surface area contributed by atoms with Gasteiger partial charge in [0.15, 0.2) is 17.1 Å². The summed E-state index contributed by atoms with van der Waals surface area (Å²) in [6.07, 6.45) is 1.52. The lowest BCUT2D eigenvalue weighted by Gasteiger charge is -2.16. The van der Waals surface area contributed by atoms with Crippen molar-refractivity contribution in [3.63, 3.8) is 0 Å². The van der Waals surface area contributed by atoms with Crippen molar-refractivity contribution in [2.45, 2.75) is 37.4 Å². The normalized spacial score (nSPS) is 12.0. The van der Waals surface area contributed by atoms with E-state index in [1.54, 1.807) is 29.2 Å². The van der Waals surface area contributed by atoms with Crippen molar-refractivity contribution < 1.29 is 4.74 Å². The fourth-order valence-corrected chi connectivity index (χ4v) is 5.16. The minimum absolute atomic E-state index is 0.316. The summed E-state index contributed by atoms with van der Waals surface area (Å²) in [5, 5.41) is 13.3. The molecule has 8 heteroatoms. The zero-order valence-electron chi connectivity index (χ0n) is 17.9. The van der Waals surface area contributed by atoms with Crippen LogP contribution in [0.15, 0.2) is 71.7 Å². The van der Waals surface area contributed by atoms with E-state index < -0.39 is 0 Å². The molecule has 2 aromatic carbocycles. The van der Waals surface area contributed by atoms with E-state index in [-0.39, 0.29) is 6.10 Å². The second-order valence-corrected chi connectivity index (χ2v) is 9.44. The average molecular weight is 483 g/mol. The molecular formula is C24H23ClN4OS2. The average Bonchev–Trinajstić information content (AvgIpc) is 3.41. The second-order valence-electron chi connectivity index (χ2n) is 7.23. The Morgan fingerprint density at radius 1 is 1.22 bits per heavy atom. The zero-order chi connectivity index (χ0) is 22.5. The second kappa shape index (κ2) is 10.3. The van der Waals surface area contributed by atoms with Crippen LogP contribution >= 0.6 is 34.7 Å². The first-order valence-corrected chi connectivity index (χ1v) is 12.4. The Kier molecular flexibility index (Phi) is 7.29. The molecule has 0 aliphatic rings. The van der Waals surface area contributed by atoms with Crippen molar-refractivity contribution in [2.24, 2.45) is 0 Å². The van der Waals surface area contributed by atoms with Crippen molar-refractivity contribution >= 4 is 34.7 Å². The molecule has 0 radical (unpaired) electrons. The quantitative estimate of drug-likeness (QED) is 0.190. The van der Waals surface area contributed by atoms with E-state index in [1.165, 1.54) is 5.56 Å². The fourth-order valence-electron chi connectivity index (χ4n) is 3.21. The van der Waals surface area contributed by atoms with Crippen molar-refractivity contribution in [3.05, 3.63) is 88.7 Å². The third kappa shape index (κ3) is 5.23. The largest absolute Gasteiger partial charge is 0.481 e. The van der Waals surface area contributed by atoms with Gasteiger partial charge in [0.25, 0.3) is 0 Å². The lowest BCUT2D eigenvalue weighted by atomic mass is 10.1. The number of nitrogens with zero attached hydrogens (tertiary/aromatic N) is 4. The van der Waals surface area contributed by atoms with Crippen molar-refractivity contribution in [3.8, 4) is 16.3 Å². The van der Waals surface area contributed by atoms with Crippen LogP contribution in [-0.2, 0) is 12.3 Å². The Hall–Kier alpha value is -2.61. The van der Waals surface area contributed by atoms with Gasteiger partial charge in [-0.05, 0) is 32.0 Å². The number of hydrogen-bond donors (Lipinski definition) is 0. The van der Waals surface area contributed by atoms with Crippen LogP contribution in [0.4, 0.5) is 0 Å². The number of benzene rings is 2. The topological polar surface area (TPSA) is 52.8 Å². The third-order valence-corrected chi connectivity index (χ3v) is 6.98. The summed E-state index contributed by atoms with van der Waals surface area (Å²) in [7, 11) is 0. The Labute approximate surface area is 201 Å². The predicted molar refractivity (Wildman–Crippen MR) is 133 cm³/mol. The summed E-state index contributed by atoms with van der Waals surface area (Å²) in [6.45, 7) is 8.50. The Morgan fingerprint density at radius 2 is 2.06 bits per heavy atom. The SMILES string of the molecule is C=CCn1c(SCc2csc(-c3cccc(C)c3)n2)nnc1C(C)Oc1ccccc1Cl. The molecule has 164 valence electrons. The first kappa shape index (κ1) is 22.6. The van der Waals surface area contributed by atoms with Gasteiger partial charge in [-0.3, -0.25) is 4.57 Å². The number of aryl methyl sites for hydroxylation is 1. The molecule has 0 amide bonds. The number of hydrogen-bond acceptors (Lipinski definition) is 6. The maximum Gasteiger partial charge on any atom is 0.192 e. The van der Waals surface area contributed by atoms with Gasteiger partial charge in [0.2, 0.25) is 0 Å². The lowest BCUT2D eigenvalue weighted by Crippen LogP contribution is -2.12. The van der Waals surface area contributed by atoms with Gasteiger partial charge < -0.3 is 4.74 Å². The number of thioether (sulfide) groups is 1. The minimum atomic E-state index is -0.316. The number of ether oxygens (including phenoxy) is 1. The molecule has 0 saturated carbocycles. The molecule has 0 aliphatic carbocycles. The van der Waals surface area contributed by atoms with Crippen LogP contribution in [0, 0.1) is 6.92 Å². The van der Waals surface area contributed by atoms with Gasteiger partial charge in [-0.2, -0.15) is 0 Å². The van der Waals surface area contributed by atoms with Gasteiger partial charge in [-0.1, -0.05) is 65.3 Å². The number of rotatable bonds is 9. The zero-order valence-corrected chi connectivity index (χ0v) is 20.3. The highest BCUT2D eigenvalue weighted by atomic mass is 35.5. The summed E-state index contributed by atoms with van der Waals surface area (Å²) in [4.78, 5) is 4.80. The summed E-state index contributed by atoms with van der Waals surface area (Å²) in [5.41, 5.74) is 3.40. The van der Waals surface area contributed by atoms with Crippen molar-refractivity contribution in [2.75, 3.05) is 0 Å². The first-order valence-electron chi connectivity index (χ1n) is 10.1. The number of allylic oxidation sites excluding steroid dienone is 1. The Balaban J connectivity index is 1.48. The number of halogens is 1. The number of aromatic nitrogens is 4. The highest BCUT2D eigenvalue weighted by molar-refractivity contribution is 7.98. The number of para-hydroxylation sites is 1. The molecule has 0 bridgehead atoms. The van der Waals surface area contributed by atoms with Gasteiger partial charge in [0.05, 0.1) is 10.7 Å². The summed E-state index contributed by atoms with van der Waals surface area (Å²) >= 11 is 9.50. The first-order chi connectivity index (χ1) is 15.5. The molecule has 2 aromatic heterocycles. The monoisotopic (exact) mass is 482 g/mol. The van der Waals surface area contributed by atoms with E-state index in [4.69, 9.17) is 21.3 Å². The van der Waals surface area contributed by atoms with Crippen LogP contribution in [0.5, 0.6) is 5.75 Å². The molecule has 0 fully saturated rings. The van der Waals surface area contributed by atoms with Gasteiger partial charge in [-0.15, -0.1) is 28.1 Å². The Morgan fingerprint density at radius 3 is 2.84 bits per heavy atom. The van der Waals surface area contributed by atoms with Crippen LogP contribution in [0.3, 0.4) is 0 Å². The van der Waals surface area contributed by atoms with Crippen LogP contribution in [0.1, 0.15) is 30.1 Å². The molecule has 32 heavy (non-hydrogen) atoms. The standard InChI is InChI=1S/C24H23ClN4OS2/c1-4-12-29-22(17(3)30-21-11-6-5-10-20(21)25)27-28-24(29)32-15-19-14-31-23(26-19)18-9-7-8-16(2)13-18/h4-11,13-14,17H,1,12,15H2,2-3H3. The highest BCUT2D eigenvalue weighted by Crippen LogP contribution is 2.31. The molecule has 5 nitrogen and oxygen atoms in total. The Bertz CT molecular complexity index is 1220. The van der Waals surface area contributed by atoms with E-state index in [2.05, 4.69) is 53.3 Å². The van der Waals surface area contributed by atoms with E-state index >= 15 is 0 Å². The smallest absolute Gasteiger partial charge is 0.192 e. The molecule has 0 N–H and O–H groups in total. The maximum absolute atomic E-state index is 6.24. The van der Waals surface area contributed by atoms with E-state index in [0.29, 0.717) is 23.1 Å². The van der Waals surface area contributed by atoms with Gasteiger partial charge in [0.1, 0.15) is 10.8 Å². The highest BCUT2D eigenvalue weighted by Gasteiger charge is 2.20. The van der Waals surface area contributed by atoms with Crippen LogP contribution in [-0.4, -0.2) is 19.7 Å². The minimum Gasteiger partial charge on any atom is -0.481 e. The predicted octanol–water partition coefficient (Wildman–Crippen LogP) is 6.98. The summed E-state index contributed by atoms with van der Waals surface area (Å²) in [6, 6.07) is 15.8. The third-order valence-electron chi connectivity index (χ3n) is 4.73. The number of thiazole rings is 1. The van der Waals surface area contributed by atoms with Gasteiger partial charge >= 0.3 is 0 Å². The molecule has 1 unspecified atom stereocenters. The van der Waals surface area contributed by atoms with E-state index in [0.717, 1.165) is 27.2 Å². The summed E-state index contributed by atoms with van der Waals surface area (Å²) in [5.74, 6) is 2.05. The molecule has 0 spiro atoms. The fraction of sp³-hybridized carbons (Fsp3) is 0.208. The van der Waals surface area contributed by atoms with E-state index in [9.17, 15) is 0 Å². The molecule has 4 aromatic rings. The van der Waals surface area contributed by atoms with Gasteiger partial charge in [-0.25, -0.2) is 4.98 Å². The molecule has 2 heterocycles. The maximum atomic E-state index is 6.24. The molecular weight excluding hydrogens is 460 g/mol. The molecule has 0 aliphatic heterocycles. The van der Waals surface area contributed by atoms with Gasteiger partial charge in [0, 0.05) is 23.2 Å². The van der Waals surface area contributed by atoms with E-state index in [1.807, 2.05) is 35.8 Å². The lowest BCUT2D eigenvalue weighted by molar-refractivity contribution is 0.210.